The number of oxime groups is 1. The number of aliphatic hydroxyl groups is 1. The van der Waals surface area contributed by atoms with Gasteiger partial charge in [0.15, 0.2) is 0 Å². The number of rotatable bonds is 11. The first-order valence-electron chi connectivity index (χ1n) is 11.5. The Morgan fingerprint density at radius 2 is 1.64 bits per heavy atom. The SMILES string of the molecule is Cc1ccccc1C1=NO[C@H](CN(Cc2ccccc2)C[C@H](O)COCc2ccccc2)C1. The van der Waals surface area contributed by atoms with Crippen LogP contribution in [0.2, 0.25) is 0 Å². The molecule has 0 saturated carbocycles. The lowest BCUT2D eigenvalue weighted by molar-refractivity contribution is -0.00648. The minimum Gasteiger partial charge on any atom is -0.390 e. The van der Waals surface area contributed by atoms with Crippen molar-refractivity contribution in [2.24, 2.45) is 5.16 Å². The van der Waals surface area contributed by atoms with Gasteiger partial charge in [-0.1, -0.05) is 90.1 Å². The van der Waals surface area contributed by atoms with Crippen LogP contribution in [-0.2, 0) is 22.7 Å². The van der Waals surface area contributed by atoms with Gasteiger partial charge in [0.25, 0.3) is 0 Å². The lowest BCUT2D eigenvalue weighted by atomic mass is 10.00. The zero-order chi connectivity index (χ0) is 22.9. The van der Waals surface area contributed by atoms with E-state index in [0.29, 0.717) is 19.7 Å². The standard InChI is InChI=1S/C28H32N2O3/c1-22-10-8-9-15-27(22)28-16-26(33-29-28)19-30(17-23-11-4-2-5-12-23)18-25(31)21-32-20-24-13-6-3-7-14-24/h2-15,25-26,31H,16-21H2,1H3/t25-,26-/m0/s1. The number of hydrogen-bond acceptors (Lipinski definition) is 5. The number of hydrogen-bond donors (Lipinski definition) is 1. The summed E-state index contributed by atoms with van der Waals surface area (Å²) in [5.41, 5.74) is 5.64. The van der Waals surface area contributed by atoms with Crippen LogP contribution in [0, 0.1) is 6.92 Å². The average molecular weight is 445 g/mol. The summed E-state index contributed by atoms with van der Waals surface area (Å²) in [6, 6.07) is 28.6. The second kappa shape index (κ2) is 11.8. The average Bonchev–Trinajstić information content (AvgIpc) is 3.29. The van der Waals surface area contributed by atoms with Gasteiger partial charge < -0.3 is 14.7 Å². The van der Waals surface area contributed by atoms with Crippen molar-refractivity contribution < 1.29 is 14.7 Å². The molecule has 2 atom stereocenters. The van der Waals surface area contributed by atoms with Gasteiger partial charge in [0, 0.05) is 31.6 Å². The molecule has 1 heterocycles. The van der Waals surface area contributed by atoms with Gasteiger partial charge in [0.2, 0.25) is 0 Å². The fourth-order valence-electron chi connectivity index (χ4n) is 4.15. The lowest BCUT2D eigenvalue weighted by Gasteiger charge is -2.27. The van der Waals surface area contributed by atoms with Crippen molar-refractivity contribution in [2.45, 2.75) is 38.7 Å². The van der Waals surface area contributed by atoms with E-state index in [2.05, 4.69) is 41.2 Å². The van der Waals surface area contributed by atoms with E-state index in [1.165, 1.54) is 11.1 Å². The lowest BCUT2D eigenvalue weighted by Crippen LogP contribution is -2.39. The molecule has 33 heavy (non-hydrogen) atoms. The maximum atomic E-state index is 10.7. The summed E-state index contributed by atoms with van der Waals surface area (Å²) in [6.45, 7) is 4.80. The van der Waals surface area contributed by atoms with E-state index in [-0.39, 0.29) is 12.7 Å². The zero-order valence-electron chi connectivity index (χ0n) is 19.1. The van der Waals surface area contributed by atoms with Crippen molar-refractivity contribution in [1.29, 1.82) is 0 Å². The molecule has 1 aliphatic heterocycles. The van der Waals surface area contributed by atoms with Crippen molar-refractivity contribution in [3.63, 3.8) is 0 Å². The Balaban J connectivity index is 1.33. The van der Waals surface area contributed by atoms with Gasteiger partial charge in [-0.25, -0.2) is 0 Å². The largest absolute Gasteiger partial charge is 0.390 e. The topological polar surface area (TPSA) is 54.3 Å². The second-order valence-corrected chi connectivity index (χ2v) is 8.62. The Hall–Kier alpha value is -2.99. The summed E-state index contributed by atoms with van der Waals surface area (Å²) in [4.78, 5) is 8.03. The van der Waals surface area contributed by atoms with E-state index >= 15 is 0 Å². The van der Waals surface area contributed by atoms with Crippen LogP contribution in [0.1, 0.15) is 28.7 Å². The Morgan fingerprint density at radius 3 is 2.36 bits per heavy atom. The van der Waals surface area contributed by atoms with Crippen molar-refractivity contribution in [3.05, 3.63) is 107 Å². The van der Waals surface area contributed by atoms with Gasteiger partial charge in [-0.15, -0.1) is 0 Å². The number of aliphatic hydroxyl groups excluding tert-OH is 1. The first-order chi connectivity index (χ1) is 16.2. The van der Waals surface area contributed by atoms with Crippen LogP contribution in [0.15, 0.2) is 90.1 Å². The molecule has 0 fully saturated rings. The summed E-state index contributed by atoms with van der Waals surface area (Å²) in [7, 11) is 0. The molecule has 3 aromatic rings. The first kappa shape index (κ1) is 23.2. The molecule has 172 valence electrons. The molecule has 5 nitrogen and oxygen atoms in total. The Labute approximate surface area is 196 Å². The van der Waals surface area contributed by atoms with Gasteiger partial charge in [0.1, 0.15) is 6.10 Å². The summed E-state index contributed by atoms with van der Waals surface area (Å²) < 4.78 is 5.76. The summed E-state index contributed by atoms with van der Waals surface area (Å²) in [5, 5.41) is 15.1. The van der Waals surface area contributed by atoms with Crippen LogP contribution in [0.5, 0.6) is 0 Å². The molecule has 3 aromatic carbocycles. The molecule has 1 aliphatic rings. The van der Waals surface area contributed by atoms with Gasteiger partial charge in [-0.3, -0.25) is 4.90 Å². The molecule has 4 rings (SSSR count). The molecule has 5 heteroatoms. The van der Waals surface area contributed by atoms with Crippen molar-refractivity contribution >= 4 is 5.71 Å². The van der Waals surface area contributed by atoms with Crippen molar-refractivity contribution in [1.82, 2.24) is 4.90 Å². The highest BCUT2D eigenvalue weighted by molar-refractivity contribution is 6.02. The van der Waals surface area contributed by atoms with Crippen LogP contribution < -0.4 is 0 Å². The van der Waals surface area contributed by atoms with Crippen LogP contribution in [0.25, 0.3) is 0 Å². The van der Waals surface area contributed by atoms with Crippen molar-refractivity contribution in [3.8, 4) is 0 Å². The van der Waals surface area contributed by atoms with Gasteiger partial charge >= 0.3 is 0 Å². The second-order valence-electron chi connectivity index (χ2n) is 8.62. The molecule has 0 spiro atoms. The van der Waals surface area contributed by atoms with Gasteiger partial charge in [-0.05, 0) is 23.6 Å². The van der Waals surface area contributed by atoms with Crippen LogP contribution >= 0.6 is 0 Å². The maximum Gasteiger partial charge on any atom is 0.145 e. The highest BCUT2D eigenvalue weighted by atomic mass is 16.6. The normalized spacial score (nSPS) is 16.5. The third-order valence-corrected chi connectivity index (χ3v) is 5.79. The van der Waals surface area contributed by atoms with Gasteiger partial charge in [0.05, 0.1) is 25.0 Å². The predicted octanol–water partition coefficient (Wildman–Crippen LogP) is 4.57. The fraction of sp³-hybridized carbons (Fsp3) is 0.321. The number of benzene rings is 3. The highest BCUT2D eigenvalue weighted by Gasteiger charge is 2.26. The van der Waals surface area contributed by atoms with Gasteiger partial charge in [-0.2, -0.15) is 0 Å². The van der Waals surface area contributed by atoms with E-state index in [9.17, 15) is 5.11 Å². The third-order valence-electron chi connectivity index (χ3n) is 5.79. The molecule has 1 N–H and O–H groups in total. The number of aryl methyl sites for hydroxylation is 1. The monoisotopic (exact) mass is 444 g/mol. The molecular weight excluding hydrogens is 412 g/mol. The van der Waals surface area contributed by atoms with E-state index in [1.807, 2.05) is 60.7 Å². The molecule has 0 bridgehead atoms. The van der Waals surface area contributed by atoms with E-state index in [4.69, 9.17) is 9.57 Å². The summed E-state index contributed by atoms with van der Waals surface area (Å²) in [5.74, 6) is 0. The molecule has 0 amide bonds. The van der Waals surface area contributed by atoms with Crippen molar-refractivity contribution in [2.75, 3.05) is 19.7 Å². The quantitative estimate of drug-likeness (QED) is 0.471. The van der Waals surface area contributed by atoms with E-state index < -0.39 is 6.10 Å². The summed E-state index contributed by atoms with van der Waals surface area (Å²) >= 11 is 0. The number of ether oxygens (including phenoxy) is 1. The Bertz CT molecular complexity index is 1020. The van der Waals surface area contributed by atoms with E-state index in [1.54, 1.807) is 0 Å². The first-order valence-corrected chi connectivity index (χ1v) is 11.5. The molecular formula is C28H32N2O3. The maximum absolute atomic E-state index is 10.7. The highest BCUT2D eigenvalue weighted by Crippen LogP contribution is 2.21. The zero-order valence-corrected chi connectivity index (χ0v) is 19.1. The molecule has 0 radical (unpaired) electrons. The smallest absolute Gasteiger partial charge is 0.145 e. The van der Waals surface area contributed by atoms with E-state index in [0.717, 1.165) is 29.8 Å². The minimum atomic E-state index is -0.587. The fourth-order valence-corrected chi connectivity index (χ4v) is 4.15. The molecule has 0 unspecified atom stereocenters. The third kappa shape index (κ3) is 6.99. The molecule has 0 aliphatic carbocycles. The Morgan fingerprint density at radius 1 is 0.970 bits per heavy atom. The predicted molar refractivity (Wildman–Crippen MR) is 131 cm³/mol. The summed E-state index contributed by atoms with van der Waals surface area (Å²) in [6.07, 6.45) is 0.132. The van der Waals surface area contributed by atoms with Crippen LogP contribution in [-0.4, -0.2) is 47.6 Å². The van der Waals surface area contributed by atoms with Crippen LogP contribution in [0.4, 0.5) is 0 Å². The molecule has 0 aromatic heterocycles. The molecule has 0 saturated heterocycles. The number of nitrogens with zero attached hydrogens (tertiary/aromatic N) is 2. The Kier molecular flexibility index (Phi) is 8.25. The van der Waals surface area contributed by atoms with Crippen LogP contribution in [0.3, 0.4) is 0 Å². The minimum absolute atomic E-state index is 0.0410.